The summed E-state index contributed by atoms with van der Waals surface area (Å²) in [5.74, 6) is -2.22. The SMILES string of the molecule is NC(=O)CCC(NC(=O)c1ccccc1)C(=O)NCCCCCC1(C(=O)NCC(F)(F)F)c2ccccc2-c2ccccc21. The highest BCUT2D eigenvalue weighted by molar-refractivity contribution is 6.00. The molecule has 1 atom stereocenters. The average molecular weight is 609 g/mol. The van der Waals surface area contributed by atoms with Gasteiger partial charge in [-0.05, 0) is 53.6 Å². The van der Waals surface area contributed by atoms with Crippen molar-refractivity contribution in [2.75, 3.05) is 13.1 Å². The van der Waals surface area contributed by atoms with Crippen molar-refractivity contribution in [2.45, 2.75) is 56.2 Å². The van der Waals surface area contributed by atoms with Gasteiger partial charge in [0.1, 0.15) is 18.0 Å². The minimum absolute atomic E-state index is 0.0358. The quantitative estimate of drug-likeness (QED) is 0.203. The van der Waals surface area contributed by atoms with Gasteiger partial charge in [0.15, 0.2) is 0 Å². The third kappa shape index (κ3) is 7.64. The standard InChI is InChI=1S/C33H35F3N4O4/c34-33(35,36)21-39-31(44)32(25-15-7-5-13-23(25)24-14-6-8-16-26(24)32)19-9-2-10-20-38-30(43)27(17-18-28(37)41)40-29(42)22-11-3-1-4-12-22/h1,3-8,11-16,27H,2,9-10,17-21H2,(H2,37,41)(H,38,43)(H,39,44)(H,40,42). The molecule has 0 fully saturated rings. The molecule has 0 spiro atoms. The first-order valence-electron chi connectivity index (χ1n) is 14.5. The molecule has 232 valence electrons. The Morgan fingerprint density at radius 3 is 1.95 bits per heavy atom. The minimum Gasteiger partial charge on any atom is -0.370 e. The van der Waals surface area contributed by atoms with E-state index in [2.05, 4.69) is 16.0 Å². The molecule has 11 heteroatoms. The summed E-state index contributed by atoms with van der Waals surface area (Å²) in [5.41, 5.74) is 7.30. The molecule has 5 N–H and O–H groups in total. The predicted molar refractivity (Wildman–Crippen MR) is 159 cm³/mol. The van der Waals surface area contributed by atoms with Crippen molar-refractivity contribution < 1.29 is 32.3 Å². The molecule has 0 bridgehead atoms. The van der Waals surface area contributed by atoms with Crippen LogP contribution in [0.2, 0.25) is 0 Å². The molecule has 0 radical (unpaired) electrons. The van der Waals surface area contributed by atoms with Gasteiger partial charge in [-0.25, -0.2) is 0 Å². The highest BCUT2D eigenvalue weighted by atomic mass is 19.4. The Labute approximate surface area is 253 Å². The first kappa shape index (κ1) is 32.2. The lowest BCUT2D eigenvalue weighted by Gasteiger charge is -2.31. The summed E-state index contributed by atoms with van der Waals surface area (Å²) in [6.07, 6.45) is -2.75. The van der Waals surface area contributed by atoms with Crippen molar-refractivity contribution in [3.63, 3.8) is 0 Å². The lowest BCUT2D eigenvalue weighted by molar-refractivity contribution is -0.141. The maximum Gasteiger partial charge on any atom is 0.405 e. The van der Waals surface area contributed by atoms with E-state index in [1.165, 1.54) is 0 Å². The fourth-order valence-corrected chi connectivity index (χ4v) is 5.70. The van der Waals surface area contributed by atoms with Crippen LogP contribution in [-0.2, 0) is 19.8 Å². The zero-order valence-electron chi connectivity index (χ0n) is 24.1. The molecule has 1 unspecified atom stereocenters. The Kier molecular flexibility index (Phi) is 10.4. The Balaban J connectivity index is 1.39. The fraction of sp³-hybridized carbons (Fsp3) is 0.333. The van der Waals surface area contributed by atoms with E-state index in [1.807, 2.05) is 24.3 Å². The van der Waals surface area contributed by atoms with Crippen LogP contribution in [0.3, 0.4) is 0 Å². The van der Waals surface area contributed by atoms with Crippen LogP contribution >= 0.6 is 0 Å². The number of carbonyl (C=O) groups is 4. The second-order valence-corrected chi connectivity index (χ2v) is 10.8. The first-order chi connectivity index (χ1) is 21.0. The molecule has 4 rings (SSSR count). The van der Waals surface area contributed by atoms with Crippen LogP contribution in [0, 0.1) is 0 Å². The Hall–Kier alpha value is -4.67. The molecule has 1 aliphatic rings. The average Bonchev–Trinajstić information content (AvgIpc) is 3.30. The summed E-state index contributed by atoms with van der Waals surface area (Å²) in [6.45, 7) is -1.17. The monoisotopic (exact) mass is 608 g/mol. The number of halogens is 3. The fourth-order valence-electron chi connectivity index (χ4n) is 5.70. The van der Waals surface area contributed by atoms with Gasteiger partial charge in [-0.1, -0.05) is 79.6 Å². The lowest BCUT2D eigenvalue weighted by atomic mass is 9.73. The topological polar surface area (TPSA) is 130 Å². The van der Waals surface area contributed by atoms with Crippen LogP contribution in [0.25, 0.3) is 11.1 Å². The number of unbranched alkanes of at least 4 members (excludes halogenated alkanes) is 2. The summed E-state index contributed by atoms with van der Waals surface area (Å²) >= 11 is 0. The summed E-state index contributed by atoms with van der Waals surface area (Å²) in [4.78, 5) is 50.4. The van der Waals surface area contributed by atoms with Gasteiger partial charge in [0, 0.05) is 18.5 Å². The van der Waals surface area contributed by atoms with Gasteiger partial charge < -0.3 is 21.7 Å². The van der Waals surface area contributed by atoms with Crippen LogP contribution in [0.15, 0.2) is 78.9 Å². The molecule has 0 saturated heterocycles. The molecule has 0 saturated carbocycles. The van der Waals surface area contributed by atoms with Gasteiger partial charge >= 0.3 is 6.18 Å². The zero-order chi connectivity index (χ0) is 31.7. The van der Waals surface area contributed by atoms with Crippen molar-refractivity contribution in [2.24, 2.45) is 5.73 Å². The largest absolute Gasteiger partial charge is 0.405 e. The Morgan fingerprint density at radius 2 is 1.36 bits per heavy atom. The van der Waals surface area contributed by atoms with Gasteiger partial charge in [0.25, 0.3) is 5.91 Å². The summed E-state index contributed by atoms with van der Waals surface area (Å²) in [6, 6.07) is 21.9. The van der Waals surface area contributed by atoms with E-state index < -0.39 is 47.8 Å². The van der Waals surface area contributed by atoms with Crippen LogP contribution in [0.5, 0.6) is 0 Å². The molecule has 0 heterocycles. The number of nitrogens with one attached hydrogen (secondary N) is 3. The van der Waals surface area contributed by atoms with E-state index in [0.717, 1.165) is 11.1 Å². The molecule has 1 aliphatic carbocycles. The third-order valence-electron chi connectivity index (χ3n) is 7.77. The number of rotatable bonds is 14. The van der Waals surface area contributed by atoms with E-state index in [1.54, 1.807) is 54.6 Å². The Morgan fingerprint density at radius 1 is 0.773 bits per heavy atom. The second kappa shape index (κ2) is 14.2. The van der Waals surface area contributed by atoms with E-state index >= 15 is 0 Å². The molecule has 4 amide bonds. The number of hydrogen-bond donors (Lipinski definition) is 4. The molecule has 8 nitrogen and oxygen atoms in total. The zero-order valence-corrected chi connectivity index (χ0v) is 24.1. The number of carbonyl (C=O) groups excluding carboxylic acids is 4. The first-order valence-corrected chi connectivity index (χ1v) is 14.5. The van der Waals surface area contributed by atoms with Crippen LogP contribution in [0.1, 0.15) is 60.0 Å². The van der Waals surface area contributed by atoms with Crippen molar-refractivity contribution in [1.82, 2.24) is 16.0 Å². The molecular formula is C33H35F3N4O4. The van der Waals surface area contributed by atoms with Crippen LogP contribution < -0.4 is 21.7 Å². The summed E-state index contributed by atoms with van der Waals surface area (Å²) < 4.78 is 39.2. The van der Waals surface area contributed by atoms with Crippen molar-refractivity contribution in [1.29, 1.82) is 0 Å². The third-order valence-corrected chi connectivity index (χ3v) is 7.77. The molecule has 0 aromatic heterocycles. The van der Waals surface area contributed by atoms with Crippen molar-refractivity contribution in [3.05, 3.63) is 95.6 Å². The molecule has 0 aliphatic heterocycles. The summed E-state index contributed by atoms with van der Waals surface area (Å²) in [5, 5.41) is 7.56. The smallest absolute Gasteiger partial charge is 0.370 e. The maximum absolute atomic E-state index is 13.6. The normalized spacial score (nSPS) is 13.7. The number of fused-ring (bicyclic) bond motifs is 3. The van der Waals surface area contributed by atoms with E-state index in [4.69, 9.17) is 5.73 Å². The predicted octanol–water partition coefficient (Wildman–Crippen LogP) is 4.37. The van der Waals surface area contributed by atoms with Gasteiger partial charge in [0.05, 0.1) is 0 Å². The minimum atomic E-state index is -4.55. The number of primary amides is 1. The highest BCUT2D eigenvalue weighted by Crippen LogP contribution is 2.51. The van der Waals surface area contributed by atoms with E-state index in [0.29, 0.717) is 36.0 Å². The van der Waals surface area contributed by atoms with E-state index in [9.17, 15) is 32.3 Å². The number of amides is 4. The van der Waals surface area contributed by atoms with Crippen molar-refractivity contribution in [3.8, 4) is 11.1 Å². The van der Waals surface area contributed by atoms with Crippen LogP contribution in [-0.4, -0.2) is 48.9 Å². The summed E-state index contributed by atoms with van der Waals surface area (Å²) in [7, 11) is 0. The second-order valence-electron chi connectivity index (χ2n) is 10.8. The number of hydrogen-bond acceptors (Lipinski definition) is 4. The van der Waals surface area contributed by atoms with E-state index in [-0.39, 0.29) is 25.8 Å². The van der Waals surface area contributed by atoms with Crippen molar-refractivity contribution >= 4 is 23.6 Å². The maximum atomic E-state index is 13.6. The van der Waals surface area contributed by atoms with Gasteiger partial charge in [-0.3, -0.25) is 19.2 Å². The number of nitrogens with two attached hydrogens (primary N) is 1. The molecule has 44 heavy (non-hydrogen) atoms. The molecular weight excluding hydrogens is 573 g/mol. The Bertz CT molecular complexity index is 1450. The lowest BCUT2D eigenvalue weighted by Crippen LogP contribution is -2.47. The van der Waals surface area contributed by atoms with Crippen LogP contribution in [0.4, 0.5) is 13.2 Å². The molecule has 3 aromatic carbocycles. The van der Waals surface area contributed by atoms with Gasteiger partial charge in [-0.15, -0.1) is 0 Å². The number of alkyl halides is 3. The number of benzene rings is 3. The highest BCUT2D eigenvalue weighted by Gasteiger charge is 2.49. The molecule has 3 aromatic rings. The van der Waals surface area contributed by atoms with Gasteiger partial charge in [-0.2, -0.15) is 13.2 Å². The van der Waals surface area contributed by atoms with Gasteiger partial charge in [0.2, 0.25) is 17.7 Å².